The minimum atomic E-state index is -0.402. The Bertz CT molecular complexity index is 688. The lowest BCUT2D eigenvalue weighted by Gasteiger charge is -2.18. The standard InChI is InChI=1S/C17H20ClN3O4/c18-12-3-4-13(16(23)20-6-1-2-7-20)14(11-12)19-15(22)5-8-21-9-10-25-17(21)24/h3-4,11H,1-2,5-10H2,(H,19,22). The summed E-state index contributed by atoms with van der Waals surface area (Å²) in [5.41, 5.74) is 0.832. The molecule has 0 aromatic heterocycles. The monoisotopic (exact) mass is 365 g/mol. The van der Waals surface area contributed by atoms with Gasteiger partial charge in [-0.1, -0.05) is 11.6 Å². The Kier molecular flexibility index (Phi) is 5.43. The Balaban J connectivity index is 1.66. The second-order valence-corrected chi connectivity index (χ2v) is 6.53. The summed E-state index contributed by atoms with van der Waals surface area (Å²) in [6.45, 7) is 2.57. The molecule has 0 spiro atoms. The summed E-state index contributed by atoms with van der Waals surface area (Å²) < 4.78 is 4.83. The van der Waals surface area contributed by atoms with Crippen LogP contribution in [0.4, 0.5) is 10.5 Å². The van der Waals surface area contributed by atoms with Crippen LogP contribution in [-0.2, 0) is 9.53 Å². The molecule has 0 radical (unpaired) electrons. The van der Waals surface area contributed by atoms with E-state index in [0.29, 0.717) is 29.4 Å². The molecule has 1 aromatic rings. The molecule has 1 N–H and O–H groups in total. The molecule has 2 aliphatic rings. The molecule has 0 atom stereocenters. The quantitative estimate of drug-likeness (QED) is 0.868. The van der Waals surface area contributed by atoms with Crippen LogP contribution in [0.15, 0.2) is 18.2 Å². The second kappa shape index (κ2) is 7.74. The summed E-state index contributed by atoms with van der Waals surface area (Å²) in [4.78, 5) is 39.5. The van der Waals surface area contributed by atoms with Crippen molar-refractivity contribution in [3.63, 3.8) is 0 Å². The van der Waals surface area contributed by atoms with Crippen LogP contribution in [0.1, 0.15) is 29.6 Å². The van der Waals surface area contributed by atoms with Crippen molar-refractivity contribution < 1.29 is 19.1 Å². The van der Waals surface area contributed by atoms with Gasteiger partial charge in [-0.3, -0.25) is 9.59 Å². The molecule has 134 valence electrons. The number of carbonyl (C=O) groups is 3. The molecule has 7 nitrogen and oxygen atoms in total. The van der Waals surface area contributed by atoms with E-state index in [4.69, 9.17) is 16.3 Å². The first kappa shape index (κ1) is 17.5. The lowest BCUT2D eigenvalue weighted by Crippen LogP contribution is -2.30. The number of carbonyl (C=O) groups excluding carboxylic acids is 3. The fourth-order valence-electron chi connectivity index (χ4n) is 2.97. The molecule has 2 fully saturated rings. The van der Waals surface area contributed by atoms with E-state index in [-0.39, 0.29) is 24.8 Å². The number of rotatable bonds is 5. The van der Waals surface area contributed by atoms with E-state index in [2.05, 4.69) is 5.32 Å². The van der Waals surface area contributed by atoms with Crippen molar-refractivity contribution in [2.75, 3.05) is 38.1 Å². The lowest BCUT2D eigenvalue weighted by atomic mass is 10.1. The van der Waals surface area contributed by atoms with E-state index in [1.54, 1.807) is 23.1 Å². The first-order valence-electron chi connectivity index (χ1n) is 8.35. The Labute approximate surface area is 150 Å². The van der Waals surface area contributed by atoms with Gasteiger partial charge in [-0.25, -0.2) is 4.79 Å². The number of nitrogens with one attached hydrogen (secondary N) is 1. The van der Waals surface area contributed by atoms with Crippen LogP contribution in [0.5, 0.6) is 0 Å². The predicted molar refractivity (Wildman–Crippen MR) is 92.8 cm³/mol. The van der Waals surface area contributed by atoms with Crippen molar-refractivity contribution >= 4 is 35.2 Å². The average Bonchev–Trinajstić information content (AvgIpc) is 3.24. The van der Waals surface area contributed by atoms with Crippen molar-refractivity contribution in [3.05, 3.63) is 28.8 Å². The maximum atomic E-state index is 12.6. The van der Waals surface area contributed by atoms with Gasteiger partial charge in [0.25, 0.3) is 5.91 Å². The summed E-state index contributed by atoms with van der Waals surface area (Å²) in [5, 5.41) is 3.19. The SMILES string of the molecule is O=C(CCN1CCOC1=O)Nc1cc(Cl)ccc1C(=O)N1CCCC1. The zero-order valence-electron chi connectivity index (χ0n) is 13.8. The predicted octanol–water partition coefficient (Wildman–Crippen LogP) is 2.36. The van der Waals surface area contributed by atoms with Gasteiger partial charge in [0.05, 0.1) is 17.8 Å². The van der Waals surface area contributed by atoms with E-state index in [1.807, 2.05) is 0 Å². The number of amides is 3. The molecule has 2 aliphatic heterocycles. The zero-order valence-corrected chi connectivity index (χ0v) is 14.6. The number of likely N-dealkylation sites (tertiary alicyclic amines) is 1. The number of halogens is 1. The largest absolute Gasteiger partial charge is 0.448 e. The summed E-state index contributed by atoms with van der Waals surface area (Å²) in [6.07, 6.45) is 1.71. The van der Waals surface area contributed by atoms with Crippen LogP contribution < -0.4 is 5.32 Å². The molecular formula is C17H20ClN3O4. The smallest absolute Gasteiger partial charge is 0.409 e. The summed E-state index contributed by atoms with van der Waals surface area (Å²) >= 11 is 6.02. The zero-order chi connectivity index (χ0) is 17.8. The number of hydrogen-bond acceptors (Lipinski definition) is 4. The fraction of sp³-hybridized carbons (Fsp3) is 0.471. The van der Waals surface area contributed by atoms with E-state index >= 15 is 0 Å². The van der Waals surface area contributed by atoms with Gasteiger partial charge in [0.2, 0.25) is 5.91 Å². The van der Waals surface area contributed by atoms with Gasteiger partial charge in [0, 0.05) is 31.1 Å². The molecule has 25 heavy (non-hydrogen) atoms. The van der Waals surface area contributed by atoms with Gasteiger partial charge >= 0.3 is 6.09 Å². The second-order valence-electron chi connectivity index (χ2n) is 6.09. The van der Waals surface area contributed by atoms with Crippen LogP contribution >= 0.6 is 11.6 Å². The van der Waals surface area contributed by atoms with Gasteiger partial charge in [0.15, 0.2) is 0 Å². The number of nitrogens with zero attached hydrogens (tertiary/aromatic N) is 2. The van der Waals surface area contributed by atoms with Gasteiger partial charge in [0.1, 0.15) is 6.61 Å². The topological polar surface area (TPSA) is 79.0 Å². The molecule has 2 heterocycles. The number of ether oxygens (including phenoxy) is 1. The van der Waals surface area contributed by atoms with Crippen LogP contribution in [-0.4, -0.2) is 60.5 Å². The third kappa shape index (κ3) is 4.22. The van der Waals surface area contributed by atoms with Crippen LogP contribution in [0.25, 0.3) is 0 Å². The molecular weight excluding hydrogens is 346 g/mol. The highest BCUT2D eigenvalue weighted by Crippen LogP contribution is 2.24. The van der Waals surface area contributed by atoms with Gasteiger partial charge in [-0.2, -0.15) is 0 Å². The number of anilines is 1. The summed E-state index contributed by atoms with van der Waals surface area (Å²) in [5.74, 6) is -0.384. The first-order valence-corrected chi connectivity index (χ1v) is 8.73. The summed E-state index contributed by atoms with van der Waals surface area (Å²) in [6, 6.07) is 4.85. The lowest BCUT2D eigenvalue weighted by molar-refractivity contribution is -0.116. The maximum Gasteiger partial charge on any atom is 0.409 e. The Morgan fingerprint density at radius 3 is 2.64 bits per heavy atom. The Morgan fingerprint density at radius 1 is 1.20 bits per heavy atom. The molecule has 0 saturated carbocycles. The molecule has 3 amide bonds. The molecule has 8 heteroatoms. The fourth-order valence-corrected chi connectivity index (χ4v) is 3.15. The number of hydrogen-bond donors (Lipinski definition) is 1. The van der Waals surface area contributed by atoms with Crippen molar-refractivity contribution in [3.8, 4) is 0 Å². The molecule has 2 saturated heterocycles. The van der Waals surface area contributed by atoms with Crippen molar-refractivity contribution in [2.45, 2.75) is 19.3 Å². The normalized spacial score (nSPS) is 16.9. The summed E-state index contributed by atoms with van der Waals surface area (Å²) in [7, 11) is 0. The van der Waals surface area contributed by atoms with Crippen LogP contribution in [0, 0.1) is 0 Å². The highest BCUT2D eigenvalue weighted by molar-refractivity contribution is 6.31. The number of benzene rings is 1. The minimum absolute atomic E-state index is 0.104. The van der Waals surface area contributed by atoms with Crippen LogP contribution in [0.3, 0.4) is 0 Å². The Hall–Kier alpha value is -2.28. The maximum absolute atomic E-state index is 12.6. The van der Waals surface area contributed by atoms with Crippen molar-refractivity contribution in [1.82, 2.24) is 9.80 Å². The third-order valence-electron chi connectivity index (χ3n) is 4.33. The van der Waals surface area contributed by atoms with Crippen molar-refractivity contribution in [1.29, 1.82) is 0 Å². The molecule has 0 unspecified atom stereocenters. The van der Waals surface area contributed by atoms with Gasteiger partial charge in [-0.05, 0) is 31.0 Å². The van der Waals surface area contributed by atoms with E-state index in [0.717, 1.165) is 25.9 Å². The van der Waals surface area contributed by atoms with E-state index < -0.39 is 6.09 Å². The van der Waals surface area contributed by atoms with Crippen LogP contribution in [0.2, 0.25) is 5.02 Å². The highest BCUT2D eigenvalue weighted by atomic mass is 35.5. The Morgan fingerprint density at radius 2 is 1.96 bits per heavy atom. The molecule has 0 bridgehead atoms. The average molecular weight is 366 g/mol. The number of cyclic esters (lactones) is 1. The molecule has 1 aromatic carbocycles. The van der Waals surface area contributed by atoms with E-state index in [1.165, 1.54) is 4.90 Å². The molecule has 0 aliphatic carbocycles. The first-order chi connectivity index (χ1) is 12.0. The van der Waals surface area contributed by atoms with Gasteiger partial charge < -0.3 is 19.9 Å². The van der Waals surface area contributed by atoms with E-state index in [9.17, 15) is 14.4 Å². The van der Waals surface area contributed by atoms with Crippen molar-refractivity contribution in [2.24, 2.45) is 0 Å². The highest BCUT2D eigenvalue weighted by Gasteiger charge is 2.24. The van der Waals surface area contributed by atoms with Gasteiger partial charge in [-0.15, -0.1) is 0 Å². The minimum Gasteiger partial charge on any atom is -0.448 e. The third-order valence-corrected chi connectivity index (χ3v) is 4.57. The molecule has 3 rings (SSSR count).